The van der Waals surface area contributed by atoms with Crippen molar-refractivity contribution in [2.24, 2.45) is 5.92 Å². The van der Waals surface area contributed by atoms with Gasteiger partial charge < -0.3 is 10.2 Å². The summed E-state index contributed by atoms with van der Waals surface area (Å²) in [7, 11) is 0. The van der Waals surface area contributed by atoms with Crippen molar-refractivity contribution in [2.45, 2.75) is 25.8 Å². The normalized spacial score (nSPS) is 16.2. The Balaban J connectivity index is 1.52. The maximum atomic E-state index is 13.0. The summed E-state index contributed by atoms with van der Waals surface area (Å²) in [6.45, 7) is 3.04. The number of carbonyl (C=O) groups excluding carboxylic acids is 2. The third-order valence-electron chi connectivity index (χ3n) is 4.90. The average Bonchev–Trinajstić information content (AvgIpc) is 2.69. The highest BCUT2D eigenvalue weighted by Gasteiger charge is 2.28. The summed E-state index contributed by atoms with van der Waals surface area (Å²) in [5.41, 5.74) is 1.55. The van der Waals surface area contributed by atoms with Crippen molar-refractivity contribution in [1.29, 1.82) is 0 Å². The van der Waals surface area contributed by atoms with Gasteiger partial charge in [0.05, 0.1) is 6.04 Å². The van der Waals surface area contributed by atoms with E-state index in [2.05, 4.69) is 5.32 Å². The third-order valence-corrected chi connectivity index (χ3v) is 4.90. The van der Waals surface area contributed by atoms with Crippen LogP contribution in [0.25, 0.3) is 0 Å². The standard InChI is InChI=1S/C21H23FN2O2/c1-15(16-5-3-2-4-6-16)23-20(25)17-11-13-24(14-12-17)21(26)18-7-9-19(22)10-8-18/h2-10,15,17H,11-14H2,1H3,(H,23,25)/t15-/m1/s1. The first kappa shape index (κ1) is 18.1. The molecule has 0 aliphatic carbocycles. The van der Waals surface area contributed by atoms with Crippen LogP contribution < -0.4 is 5.32 Å². The summed E-state index contributed by atoms with van der Waals surface area (Å²) in [5.74, 6) is -0.514. The van der Waals surface area contributed by atoms with Gasteiger partial charge in [-0.05, 0) is 49.6 Å². The number of hydrogen-bond acceptors (Lipinski definition) is 2. The molecule has 1 aliphatic rings. The molecule has 0 radical (unpaired) electrons. The Bertz CT molecular complexity index is 753. The number of likely N-dealkylation sites (tertiary alicyclic amines) is 1. The number of piperidine rings is 1. The van der Waals surface area contributed by atoms with Crippen LogP contribution >= 0.6 is 0 Å². The molecule has 26 heavy (non-hydrogen) atoms. The van der Waals surface area contributed by atoms with E-state index in [0.29, 0.717) is 31.5 Å². The molecule has 5 heteroatoms. The Kier molecular flexibility index (Phi) is 5.66. The first-order valence-corrected chi connectivity index (χ1v) is 8.95. The Morgan fingerprint density at radius 3 is 2.27 bits per heavy atom. The zero-order valence-electron chi connectivity index (χ0n) is 14.8. The van der Waals surface area contributed by atoms with Gasteiger partial charge in [0.15, 0.2) is 0 Å². The van der Waals surface area contributed by atoms with E-state index in [4.69, 9.17) is 0 Å². The topological polar surface area (TPSA) is 49.4 Å². The van der Waals surface area contributed by atoms with Crippen LogP contribution in [-0.2, 0) is 4.79 Å². The molecular weight excluding hydrogens is 331 g/mol. The molecule has 2 amide bonds. The minimum absolute atomic E-state index is 0.0373. The molecule has 1 heterocycles. The zero-order chi connectivity index (χ0) is 18.5. The summed E-state index contributed by atoms with van der Waals surface area (Å²) < 4.78 is 13.0. The Labute approximate surface area is 153 Å². The highest BCUT2D eigenvalue weighted by Crippen LogP contribution is 2.21. The molecule has 2 aromatic rings. The van der Waals surface area contributed by atoms with Crippen molar-refractivity contribution in [2.75, 3.05) is 13.1 Å². The van der Waals surface area contributed by atoms with Crippen LogP contribution in [0.15, 0.2) is 54.6 Å². The molecule has 3 rings (SSSR count). The van der Waals surface area contributed by atoms with Crippen molar-refractivity contribution in [3.05, 3.63) is 71.5 Å². The number of benzene rings is 2. The van der Waals surface area contributed by atoms with Crippen LogP contribution in [0, 0.1) is 11.7 Å². The van der Waals surface area contributed by atoms with Gasteiger partial charge in [-0.15, -0.1) is 0 Å². The summed E-state index contributed by atoms with van der Waals surface area (Å²) in [4.78, 5) is 26.7. The molecule has 4 nitrogen and oxygen atoms in total. The van der Waals surface area contributed by atoms with Crippen molar-refractivity contribution in [3.8, 4) is 0 Å². The number of nitrogens with one attached hydrogen (secondary N) is 1. The third kappa shape index (κ3) is 4.28. The van der Waals surface area contributed by atoms with E-state index >= 15 is 0 Å². The Morgan fingerprint density at radius 2 is 1.65 bits per heavy atom. The van der Waals surface area contributed by atoms with Crippen LogP contribution in [0.1, 0.15) is 41.7 Å². The van der Waals surface area contributed by atoms with Crippen molar-refractivity contribution in [3.63, 3.8) is 0 Å². The SMILES string of the molecule is C[C@@H](NC(=O)C1CCN(C(=O)c2ccc(F)cc2)CC1)c1ccccc1. The highest BCUT2D eigenvalue weighted by atomic mass is 19.1. The molecule has 0 unspecified atom stereocenters. The maximum absolute atomic E-state index is 13.0. The average molecular weight is 354 g/mol. The van der Waals surface area contributed by atoms with Crippen molar-refractivity contribution in [1.82, 2.24) is 10.2 Å². The molecule has 1 saturated heterocycles. The fraction of sp³-hybridized carbons (Fsp3) is 0.333. The molecule has 0 aromatic heterocycles. The lowest BCUT2D eigenvalue weighted by Crippen LogP contribution is -2.43. The smallest absolute Gasteiger partial charge is 0.253 e. The molecule has 1 aliphatic heterocycles. The molecule has 1 N–H and O–H groups in total. The van der Waals surface area contributed by atoms with E-state index in [1.807, 2.05) is 37.3 Å². The first-order valence-electron chi connectivity index (χ1n) is 8.95. The first-order chi connectivity index (χ1) is 12.5. The molecule has 1 fully saturated rings. The molecule has 0 bridgehead atoms. The van der Waals surface area contributed by atoms with Gasteiger partial charge >= 0.3 is 0 Å². The van der Waals surface area contributed by atoms with E-state index in [1.54, 1.807) is 4.90 Å². The predicted octanol–water partition coefficient (Wildman–Crippen LogP) is 3.56. The number of rotatable bonds is 4. The monoisotopic (exact) mass is 354 g/mol. The summed E-state index contributed by atoms with van der Waals surface area (Å²) in [5, 5.41) is 3.06. The van der Waals surface area contributed by atoms with Gasteiger partial charge in [-0.2, -0.15) is 0 Å². The van der Waals surface area contributed by atoms with Crippen LogP contribution in [0.4, 0.5) is 4.39 Å². The summed E-state index contributed by atoms with van der Waals surface area (Å²) in [6.07, 6.45) is 1.28. The van der Waals surface area contributed by atoms with E-state index in [-0.39, 0.29) is 29.6 Å². The van der Waals surface area contributed by atoms with Crippen LogP contribution in [-0.4, -0.2) is 29.8 Å². The Hall–Kier alpha value is -2.69. The van der Waals surface area contributed by atoms with Gasteiger partial charge in [0.1, 0.15) is 5.82 Å². The van der Waals surface area contributed by atoms with Crippen LogP contribution in [0.2, 0.25) is 0 Å². The summed E-state index contributed by atoms with van der Waals surface area (Å²) >= 11 is 0. The Morgan fingerprint density at radius 1 is 1.04 bits per heavy atom. The zero-order valence-corrected chi connectivity index (χ0v) is 14.8. The summed E-state index contributed by atoms with van der Waals surface area (Å²) in [6, 6.07) is 15.4. The van der Waals surface area contributed by atoms with E-state index in [9.17, 15) is 14.0 Å². The van der Waals surface area contributed by atoms with Gasteiger partial charge in [0, 0.05) is 24.6 Å². The minimum Gasteiger partial charge on any atom is -0.349 e. The quantitative estimate of drug-likeness (QED) is 0.913. The van der Waals surface area contributed by atoms with Crippen LogP contribution in [0.3, 0.4) is 0 Å². The van der Waals surface area contributed by atoms with Gasteiger partial charge in [-0.3, -0.25) is 9.59 Å². The van der Waals surface area contributed by atoms with Gasteiger partial charge in [-0.25, -0.2) is 4.39 Å². The molecule has 0 spiro atoms. The number of halogens is 1. The van der Waals surface area contributed by atoms with E-state index < -0.39 is 0 Å². The second-order valence-corrected chi connectivity index (χ2v) is 6.71. The number of nitrogens with zero attached hydrogens (tertiary/aromatic N) is 1. The molecule has 1 atom stereocenters. The molecule has 2 aromatic carbocycles. The largest absolute Gasteiger partial charge is 0.349 e. The van der Waals surface area contributed by atoms with Gasteiger partial charge in [0.2, 0.25) is 5.91 Å². The highest BCUT2D eigenvalue weighted by molar-refractivity contribution is 5.94. The van der Waals surface area contributed by atoms with Crippen LogP contribution in [0.5, 0.6) is 0 Å². The lowest BCUT2D eigenvalue weighted by molar-refractivity contribution is -0.126. The lowest BCUT2D eigenvalue weighted by atomic mass is 9.94. The number of carbonyl (C=O) groups is 2. The number of amides is 2. The molecular formula is C21H23FN2O2. The molecule has 0 saturated carbocycles. The van der Waals surface area contributed by atoms with Gasteiger partial charge in [0.25, 0.3) is 5.91 Å². The van der Waals surface area contributed by atoms with Gasteiger partial charge in [-0.1, -0.05) is 30.3 Å². The fourth-order valence-electron chi connectivity index (χ4n) is 3.28. The second kappa shape index (κ2) is 8.13. The second-order valence-electron chi connectivity index (χ2n) is 6.71. The lowest BCUT2D eigenvalue weighted by Gasteiger charge is -2.32. The van der Waals surface area contributed by atoms with E-state index in [1.165, 1.54) is 24.3 Å². The van der Waals surface area contributed by atoms with Crippen molar-refractivity contribution < 1.29 is 14.0 Å². The number of hydrogen-bond donors (Lipinski definition) is 1. The predicted molar refractivity (Wildman–Crippen MR) is 98.0 cm³/mol. The minimum atomic E-state index is -0.357. The fourth-order valence-corrected chi connectivity index (χ4v) is 3.28. The molecule has 136 valence electrons. The van der Waals surface area contributed by atoms with Crippen molar-refractivity contribution >= 4 is 11.8 Å². The van der Waals surface area contributed by atoms with E-state index in [0.717, 1.165) is 5.56 Å². The maximum Gasteiger partial charge on any atom is 0.253 e.